The topological polar surface area (TPSA) is 72.2 Å². The third kappa shape index (κ3) is 9.43. The van der Waals surface area contributed by atoms with Gasteiger partial charge >= 0.3 is 5.56 Å². The Morgan fingerprint density at radius 1 is 1.19 bits per heavy atom. The van der Waals surface area contributed by atoms with E-state index in [0.29, 0.717) is 23.0 Å². The number of hydrogen-bond donors (Lipinski definition) is 1. The van der Waals surface area contributed by atoms with E-state index in [1.54, 1.807) is 32.1 Å². The average molecular weight is 510 g/mol. The van der Waals surface area contributed by atoms with Crippen molar-refractivity contribution in [3.63, 3.8) is 0 Å². The van der Waals surface area contributed by atoms with Gasteiger partial charge in [-0.05, 0) is 68.8 Å². The highest BCUT2D eigenvalue weighted by Crippen LogP contribution is 2.21. The lowest BCUT2D eigenvalue weighted by Crippen LogP contribution is -2.27. The van der Waals surface area contributed by atoms with Crippen LogP contribution in [0.1, 0.15) is 39.2 Å². The molecule has 0 radical (unpaired) electrons. The molecular weight excluding hydrogens is 477 g/mol. The van der Waals surface area contributed by atoms with Crippen molar-refractivity contribution in [1.82, 2.24) is 20.2 Å². The lowest BCUT2D eigenvalue weighted by atomic mass is 9.97. The fraction of sp³-hybridized carbons (Fsp3) is 0.214. The second-order valence-electron chi connectivity index (χ2n) is 7.46. The van der Waals surface area contributed by atoms with Crippen molar-refractivity contribution in [3.05, 3.63) is 123 Å². The number of allylic oxidation sites excluding steroid dienone is 14. The molecule has 6 nitrogen and oxygen atoms in total. The number of aromatic nitrogens is 3. The van der Waals surface area contributed by atoms with Gasteiger partial charge in [0.15, 0.2) is 11.5 Å². The van der Waals surface area contributed by atoms with Gasteiger partial charge in [-0.2, -0.15) is 9.78 Å². The van der Waals surface area contributed by atoms with Gasteiger partial charge in [0.05, 0.1) is 0 Å². The maximum atomic E-state index is 13.2. The van der Waals surface area contributed by atoms with Crippen LogP contribution in [0.4, 0.5) is 4.39 Å². The Bertz CT molecular complexity index is 1240. The summed E-state index contributed by atoms with van der Waals surface area (Å²) in [6.45, 7) is 18.6. The van der Waals surface area contributed by atoms with Gasteiger partial charge in [0.1, 0.15) is 5.83 Å². The van der Waals surface area contributed by atoms with E-state index in [-0.39, 0.29) is 12.1 Å². The predicted octanol–water partition coefficient (Wildman–Crippen LogP) is 6.34. The minimum Gasteiger partial charge on any atom is -0.388 e. The van der Waals surface area contributed by atoms with Gasteiger partial charge < -0.3 is 5.32 Å². The molecule has 0 amide bonds. The molecule has 0 aliphatic carbocycles. The normalized spacial score (nSPS) is 14.0. The van der Waals surface area contributed by atoms with E-state index in [9.17, 15) is 9.18 Å². The van der Waals surface area contributed by atoms with Crippen LogP contribution in [-0.2, 0) is 6.42 Å². The van der Waals surface area contributed by atoms with Gasteiger partial charge in [-0.15, -0.1) is 10.2 Å². The summed E-state index contributed by atoms with van der Waals surface area (Å²) >= 11 is 6.00. The van der Waals surface area contributed by atoms with Crippen LogP contribution < -0.4 is 10.9 Å². The van der Waals surface area contributed by atoms with Gasteiger partial charge in [0, 0.05) is 30.3 Å². The van der Waals surface area contributed by atoms with Crippen molar-refractivity contribution in [1.29, 1.82) is 0 Å². The smallest absolute Gasteiger partial charge is 0.301 e. The molecule has 1 aromatic heterocycles. The van der Waals surface area contributed by atoms with Crippen molar-refractivity contribution in [2.45, 2.75) is 34.1 Å². The molecule has 0 unspecified atom stereocenters. The third-order valence-corrected chi connectivity index (χ3v) is 5.02. The Hall–Kier alpha value is -3.84. The minimum atomic E-state index is -0.646. The van der Waals surface area contributed by atoms with Gasteiger partial charge in [0.2, 0.25) is 0 Å². The third-order valence-electron chi connectivity index (χ3n) is 4.89. The number of rotatable bonds is 13. The highest BCUT2D eigenvalue weighted by molar-refractivity contribution is 6.29. The quantitative estimate of drug-likeness (QED) is 0.191. The van der Waals surface area contributed by atoms with E-state index in [1.165, 1.54) is 6.08 Å². The largest absolute Gasteiger partial charge is 0.388 e. The lowest BCUT2D eigenvalue weighted by molar-refractivity contribution is 0.671. The Morgan fingerprint density at radius 3 is 2.47 bits per heavy atom. The van der Waals surface area contributed by atoms with Crippen LogP contribution in [0.2, 0.25) is 0 Å². The number of hydrogen-bond acceptors (Lipinski definition) is 5. The van der Waals surface area contributed by atoms with E-state index in [1.807, 2.05) is 44.4 Å². The van der Waals surface area contributed by atoms with Gasteiger partial charge in [-0.25, -0.2) is 4.39 Å². The molecule has 0 fully saturated rings. The maximum absolute atomic E-state index is 13.2. The molecular formula is C28H33ClFN5O. The van der Waals surface area contributed by atoms with E-state index >= 15 is 0 Å². The summed E-state index contributed by atoms with van der Waals surface area (Å²) in [5, 5.41) is 16.0. The number of nitrogens with one attached hydrogen (secondary N) is 1. The zero-order valence-corrected chi connectivity index (χ0v) is 22.0. The van der Waals surface area contributed by atoms with Crippen molar-refractivity contribution in [3.8, 4) is 0 Å². The molecule has 1 rings (SSSR count). The molecule has 8 heteroatoms. The van der Waals surface area contributed by atoms with E-state index < -0.39 is 11.4 Å². The van der Waals surface area contributed by atoms with Crippen molar-refractivity contribution < 1.29 is 4.39 Å². The van der Waals surface area contributed by atoms with Gasteiger partial charge in [-0.3, -0.25) is 4.79 Å². The number of nitrogens with zero attached hydrogens (tertiary/aromatic N) is 4. The first-order valence-corrected chi connectivity index (χ1v) is 11.6. The van der Waals surface area contributed by atoms with Gasteiger partial charge in [0.25, 0.3) is 0 Å². The summed E-state index contributed by atoms with van der Waals surface area (Å²) in [5.74, 6) is -0.353. The van der Waals surface area contributed by atoms with E-state index in [2.05, 4.69) is 40.5 Å². The molecule has 1 aromatic rings. The highest BCUT2D eigenvalue weighted by Gasteiger charge is 2.16. The van der Waals surface area contributed by atoms with Crippen LogP contribution in [0.15, 0.2) is 112 Å². The molecule has 0 aliphatic heterocycles. The summed E-state index contributed by atoms with van der Waals surface area (Å²) < 4.78 is 14.2. The van der Waals surface area contributed by atoms with Crippen LogP contribution in [0.5, 0.6) is 0 Å². The van der Waals surface area contributed by atoms with Crippen LogP contribution in [0.25, 0.3) is 5.57 Å². The molecule has 0 atom stereocenters. The van der Waals surface area contributed by atoms with E-state index in [4.69, 9.17) is 11.6 Å². The van der Waals surface area contributed by atoms with Crippen LogP contribution in [0, 0.1) is 0 Å². The Morgan fingerprint density at radius 2 is 1.92 bits per heavy atom. The second kappa shape index (κ2) is 15.9. The van der Waals surface area contributed by atoms with Crippen LogP contribution in [0.3, 0.4) is 0 Å². The maximum Gasteiger partial charge on any atom is 0.301 e. The molecule has 36 heavy (non-hydrogen) atoms. The minimum absolute atomic E-state index is 0.0221. The summed E-state index contributed by atoms with van der Waals surface area (Å²) in [5.41, 5.74) is 2.52. The van der Waals surface area contributed by atoms with Crippen molar-refractivity contribution in [2.24, 2.45) is 5.10 Å². The predicted molar refractivity (Wildman–Crippen MR) is 151 cm³/mol. The Balaban J connectivity index is 3.63. The van der Waals surface area contributed by atoms with E-state index in [0.717, 1.165) is 27.5 Å². The molecule has 0 bridgehead atoms. The Labute approximate surface area is 217 Å². The molecule has 0 spiro atoms. The standard InChI is InChI=1S/C28H33ClFN5O/c1-8-17-32-18-11-12-25(22(6)23(9-2)15-13-20(4)29)19-26-33-34-27(28(36)35(26)31-7)24(10-3)16-14-21(5)30/h8-17,32H,2,5,7,18-19H2,1,3-4,6H3/b12-11+,16-14-,17-8-,20-13+,23-15+,24-10+,25-22+. The lowest BCUT2D eigenvalue weighted by Gasteiger charge is -2.12. The number of halogens is 2. The Kier molecular flexibility index (Phi) is 13.4. The van der Waals surface area contributed by atoms with Gasteiger partial charge in [-0.1, -0.05) is 61.2 Å². The summed E-state index contributed by atoms with van der Waals surface area (Å²) in [7, 11) is 0. The molecule has 190 valence electrons. The molecule has 1 N–H and O–H groups in total. The monoisotopic (exact) mass is 509 g/mol. The molecule has 0 saturated carbocycles. The fourth-order valence-corrected chi connectivity index (χ4v) is 3.08. The molecule has 0 aliphatic rings. The van der Waals surface area contributed by atoms with Crippen molar-refractivity contribution >= 4 is 23.9 Å². The zero-order valence-electron chi connectivity index (χ0n) is 21.3. The van der Waals surface area contributed by atoms with Crippen LogP contribution >= 0.6 is 11.6 Å². The highest BCUT2D eigenvalue weighted by atomic mass is 35.5. The molecule has 0 aromatic carbocycles. The first-order valence-electron chi connectivity index (χ1n) is 11.2. The summed E-state index contributed by atoms with van der Waals surface area (Å²) in [4.78, 5) is 13.2. The summed E-state index contributed by atoms with van der Waals surface area (Å²) in [6.07, 6.45) is 17.5. The molecule has 0 saturated heterocycles. The SMILES string of the molecule is C=CC(=C\C=C(/C)Cl)/C(C)=C(\C=C\CN/C=C\C)Cc1nnc(C(/C=C\C(=C)F)=C/C)c(=O)n1N=C. The average Bonchev–Trinajstić information content (AvgIpc) is 2.84. The molecule has 1 heterocycles. The zero-order chi connectivity index (χ0) is 27.1. The van der Waals surface area contributed by atoms with Crippen molar-refractivity contribution in [2.75, 3.05) is 6.54 Å². The summed E-state index contributed by atoms with van der Waals surface area (Å²) in [6, 6.07) is 0. The second-order valence-corrected chi connectivity index (χ2v) is 8.06. The first-order chi connectivity index (χ1) is 17.2. The fourth-order valence-electron chi connectivity index (χ4n) is 3.02. The first kappa shape index (κ1) is 30.2. The van der Waals surface area contributed by atoms with Crippen LogP contribution in [-0.4, -0.2) is 28.1 Å².